The van der Waals surface area contributed by atoms with Gasteiger partial charge in [0.25, 0.3) is 0 Å². The smallest absolute Gasteiger partial charge is 0.338 e. The van der Waals surface area contributed by atoms with Crippen LogP contribution in [0.5, 0.6) is 0 Å². The number of carbonyl (C=O) groups is 1. The molecule has 0 saturated heterocycles. The third-order valence-corrected chi connectivity index (χ3v) is 2.06. The molecule has 3 nitrogen and oxygen atoms in total. The second-order valence-corrected chi connectivity index (χ2v) is 3.27. The van der Waals surface area contributed by atoms with Crippen molar-refractivity contribution in [1.82, 2.24) is 0 Å². The van der Waals surface area contributed by atoms with Crippen molar-refractivity contribution >= 4 is 5.97 Å². The highest BCUT2D eigenvalue weighted by molar-refractivity contribution is 5.91. The minimum absolute atomic E-state index is 0.0398. The zero-order valence-corrected chi connectivity index (χ0v) is 8.90. The first-order valence-corrected chi connectivity index (χ1v) is 5.15. The third kappa shape index (κ3) is 3.36. The molecule has 15 heavy (non-hydrogen) atoms. The topological polar surface area (TPSA) is 46.5 Å². The van der Waals surface area contributed by atoms with Crippen LogP contribution in [0.1, 0.15) is 29.3 Å². The quantitative estimate of drug-likeness (QED) is 0.750. The van der Waals surface area contributed by atoms with Crippen LogP contribution < -0.4 is 0 Å². The second-order valence-electron chi connectivity index (χ2n) is 3.27. The molecule has 0 unspecified atom stereocenters. The lowest BCUT2D eigenvalue weighted by Crippen LogP contribution is -2.09. The predicted molar refractivity (Wildman–Crippen MR) is 57.8 cm³/mol. The van der Waals surface area contributed by atoms with E-state index in [1.807, 2.05) is 19.1 Å². The lowest BCUT2D eigenvalue weighted by molar-refractivity contribution is 0.0503. The Morgan fingerprint density at radius 3 is 2.80 bits per heavy atom. The van der Waals surface area contributed by atoms with Gasteiger partial charge in [-0.15, -0.1) is 0 Å². The summed E-state index contributed by atoms with van der Waals surface area (Å²) in [6.45, 7) is 2.43. The van der Waals surface area contributed by atoms with Crippen LogP contribution in [0.15, 0.2) is 24.3 Å². The Hall–Kier alpha value is -1.35. The third-order valence-electron chi connectivity index (χ3n) is 2.06. The monoisotopic (exact) mass is 208 g/mol. The van der Waals surface area contributed by atoms with Crippen molar-refractivity contribution in [3.05, 3.63) is 35.4 Å². The van der Waals surface area contributed by atoms with E-state index in [0.29, 0.717) is 18.6 Å². The second kappa shape index (κ2) is 6.19. The van der Waals surface area contributed by atoms with Gasteiger partial charge in [0.05, 0.1) is 12.2 Å². The standard InChI is InChI=1S/C12H16O3/c1-2-9-15-12(14)11-6-4-3-5-10(11)7-8-13/h3-6,13H,2,7-9H2,1H3. The molecule has 0 atom stereocenters. The molecule has 1 N–H and O–H groups in total. The van der Waals surface area contributed by atoms with Crippen molar-refractivity contribution < 1.29 is 14.6 Å². The fourth-order valence-electron chi connectivity index (χ4n) is 1.33. The molecule has 1 aromatic carbocycles. The van der Waals surface area contributed by atoms with Crippen molar-refractivity contribution in [3.8, 4) is 0 Å². The van der Waals surface area contributed by atoms with Gasteiger partial charge in [0, 0.05) is 6.61 Å². The van der Waals surface area contributed by atoms with E-state index in [9.17, 15) is 4.79 Å². The summed E-state index contributed by atoms with van der Waals surface area (Å²) in [6, 6.07) is 7.20. The Morgan fingerprint density at radius 1 is 1.40 bits per heavy atom. The molecule has 3 heteroatoms. The van der Waals surface area contributed by atoms with Crippen LogP contribution in [0.25, 0.3) is 0 Å². The van der Waals surface area contributed by atoms with Crippen molar-refractivity contribution in [1.29, 1.82) is 0 Å². The van der Waals surface area contributed by atoms with Crippen LogP contribution in [0.4, 0.5) is 0 Å². The molecule has 0 saturated carbocycles. The van der Waals surface area contributed by atoms with Crippen LogP contribution in [0.2, 0.25) is 0 Å². The average molecular weight is 208 g/mol. The lowest BCUT2D eigenvalue weighted by atomic mass is 10.1. The van der Waals surface area contributed by atoms with Crippen molar-refractivity contribution in [2.75, 3.05) is 13.2 Å². The molecule has 0 radical (unpaired) electrons. The molecule has 0 heterocycles. The fraction of sp³-hybridized carbons (Fsp3) is 0.417. The van der Waals surface area contributed by atoms with E-state index < -0.39 is 0 Å². The summed E-state index contributed by atoms with van der Waals surface area (Å²) < 4.78 is 5.04. The van der Waals surface area contributed by atoms with Crippen LogP contribution in [-0.2, 0) is 11.2 Å². The van der Waals surface area contributed by atoms with Gasteiger partial charge in [0.2, 0.25) is 0 Å². The summed E-state index contributed by atoms with van der Waals surface area (Å²) in [6.07, 6.45) is 1.30. The van der Waals surface area contributed by atoms with Crippen LogP contribution in [0.3, 0.4) is 0 Å². The number of aliphatic hydroxyl groups excluding tert-OH is 1. The fourth-order valence-corrected chi connectivity index (χ4v) is 1.33. The number of carbonyl (C=O) groups excluding carboxylic acids is 1. The molecule has 0 fully saturated rings. The van der Waals surface area contributed by atoms with E-state index in [4.69, 9.17) is 9.84 Å². The van der Waals surface area contributed by atoms with Gasteiger partial charge in [-0.2, -0.15) is 0 Å². The highest BCUT2D eigenvalue weighted by Gasteiger charge is 2.10. The zero-order chi connectivity index (χ0) is 11.1. The van der Waals surface area contributed by atoms with E-state index >= 15 is 0 Å². The van der Waals surface area contributed by atoms with Crippen LogP contribution in [-0.4, -0.2) is 24.3 Å². The van der Waals surface area contributed by atoms with Crippen LogP contribution in [0, 0.1) is 0 Å². The first kappa shape index (κ1) is 11.7. The van der Waals surface area contributed by atoms with Crippen LogP contribution >= 0.6 is 0 Å². The molecule has 1 aromatic rings. The van der Waals surface area contributed by atoms with Gasteiger partial charge < -0.3 is 9.84 Å². The molecule has 1 rings (SSSR count). The molecule has 0 spiro atoms. The maximum Gasteiger partial charge on any atom is 0.338 e. The molecule has 0 amide bonds. The van der Waals surface area contributed by atoms with E-state index in [0.717, 1.165) is 12.0 Å². The largest absolute Gasteiger partial charge is 0.462 e. The molecular formula is C12H16O3. The Morgan fingerprint density at radius 2 is 2.13 bits per heavy atom. The molecule has 0 aliphatic rings. The number of rotatable bonds is 5. The first-order chi connectivity index (χ1) is 7.29. The average Bonchev–Trinajstić information content (AvgIpc) is 2.27. The Balaban J connectivity index is 2.77. The number of hydrogen-bond donors (Lipinski definition) is 1. The number of aliphatic hydroxyl groups is 1. The van der Waals surface area contributed by atoms with Gasteiger partial charge in [-0.1, -0.05) is 25.1 Å². The molecule has 82 valence electrons. The molecular weight excluding hydrogens is 192 g/mol. The first-order valence-electron chi connectivity index (χ1n) is 5.15. The van der Waals surface area contributed by atoms with Gasteiger partial charge in [0.1, 0.15) is 0 Å². The van der Waals surface area contributed by atoms with Gasteiger partial charge in [-0.05, 0) is 24.5 Å². The molecule has 0 aromatic heterocycles. The van der Waals surface area contributed by atoms with Crippen molar-refractivity contribution in [3.63, 3.8) is 0 Å². The number of ether oxygens (including phenoxy) is 1. The highest BCUT2D eigenvalue weighted by Crippen LogP contribution is 2.10. The summed E-state index contributed by atoms with van der Waals surface area (Å²) >= 11 is 0. The van der Waals surface area contributed by atoms with Gasteiger partial charge >= 0.3 is 5.97 Å². The highest BCUT2D eigenvalue weighted by atomic mass is 16.5. The normalized spacial score (nSPS) is 10.0. The summed E-state index contributed by atoms with van der Waals surface area (Å²) in [4.78, 5) is 11.6. The number of esters is 1. The molecule has 0 aliphatic carbocycles. The van der Waals surface area contributed by atoms with Gasteiger partial charge in [0.15, 0.2) is 0 Å². The Kier molecular flexibility index (Phi) is 4.84. The van der Waals surface area contributed by atoms with Crippen molar-refractivity contribution in [2.45, 2.75) is 19.8 Å². The number of hydrogen-bond acceptors (Lipinski definition) is 3. The Labute approximate surface area is 89.7 Å². The van der Waals surface area contributed by atoms with E-state index in [1.165, 1.54) is 0 Å². The summed E-state index contributed by atoms with van der Waals surface area (Å²) in [5.74, 6) is -0.305. The van der Waals surface area contributed by atoms with E-state index in [-0.39, 0.29) is 12.6 Å². The SMILES string of the molecule is CCCOC(=O)c1ccccc1CCO. The van der Waals surface area contributed by atoms with Gasteiger partial charge in [-0.25, -0.2) is 4.79 Å². The summed E-state index contributed by atoms with van der Waals surface area (Å²) in [7, 11) is 0. The Bertz CT molecular complexity index is 320. The zero-order valence-electron chi connectivity index (χ0n) is 8.90. The molecule has 0 bridgehead atoms. The van der Waals surface area contributed by atoms with Crippen molar-refractivity contribution in [2.24, 2.45) is 0 Å². The lowest BCUT2D eigenvalue weighted by Gasteiger charge is -2.07. The maximum absolute atomic E-state index is 11.6. The maximum atomic E-state index is 11.6. The minimum atomic E-state index is -0.305. The minimum Gasteiger partial charge on any atom is -0.462 e. The van der Waals surface area contributed by atoms with E-state index in [1.54, 1.807) is 12.1 Å². The van der Waals surface area contributed by atoms with Gasteiger partial charge in [-0.3, -0.25) is 0 Å². The van der Waals surface area contributed by atoms with E-state index in [2.05, 4.69) is 0 Å². The summed E-state index contributed by atoms with van der Waals surface area (Å²) in [5.41, 5.74) is 1.39. The number of benzene rings is 1. The molecule has 0 aliphatic heterocycles. The summed E-state index contributed by atoms with van der Waals surface area (Å²) in [5, 5.41) is 8.85. The predicted octanol–water partition coefficient (Wildman–Crippen LogP) is 1.79.